The first kappa shape index (κ1) is 15.6. The van der Waals surface area contributed by atoms with E-state index in [1.807, 2.05) is 4.90 Å². The molecule has 2 amide bonds. The Labute approximate surface area is 135 Å². The second-order valence-corrected chi connectivity index (χ2v) is 6.04. The topological polar surface area (TPSA) is 67.9 Å². The monoisotopic (exact) mass is 318 g/mol. The van der Waals surface area contributed by atoms with E-state index in [9.17, 15) is 9.59 Å². The molecule has 1 saturated carbocycles. The highest BCUT2D eigenvalue weighted by molar-refractivity contribution is 6.00. The lowest BCUT2D eigenvalue weighted by Crippen LogP contribution is -2.30. The van der Waals surface area contributed by atoms with Crippen LogP contribution in [0.4, 0.5) is 5.69 Å². The van der Waals surface area contributed by atoms with E-state index in [1.54, 1.807) is 32.4 Å². The molecule has 1 aromatic rings. The van der Waals surface area contributed by atoms with Crippen LogP contribution in [0.2, 0.25) is 0 Å². The van der Waals surface area contributed by atoms with Gasteiger partial charge in [-0.1, -0.05) is 0 Å². The van der Waals surface area contributed by atoms with E-state index in [1.165, 1.54) is 0 Å². The molecule has 1 N–H and O–H groups in total. The second kappa shape index (κ2) is 6.48. The number of carbonyl (C=O) groups is 2. The lowest BCUT2D eigenvalue weighted by molar-refractivity contribution is -0.133. The molecule has 2 unspecified atom stereocenters. The molecule has 1 saturated heterocycles. The number of hydrogen-bond acceptors (Lipinski definition) is 4. The summed E-state index contributed by atoms with van der Waals surface area (Å²) in [5.41, 5.74) is 0.566. The normalized spacial score (nSPS) is 22.6. The highest BCUT2D eigenvalue weighted by atomic mass is 16.5. The molecule has 2 aliphatic rings. The zero-order valence-electron chi connectivity index (χ0n) is 13.5. The zero-order valence-corrected chi connectivity index (χ0v) is 13.5. The molecule has 23 heavy (non-hydrogen) atoms. The molecule has 1 aliphatic heterocycles. The number of anilines is 1. The van der Waals surface area contributed by atoms with Crippen molar-refractivity contribution >= 4 is 17.5 Å². The highest BCUT2D eigenvalue weighted by Crippen LogP contribution is 2.42. The molecule has 3 rings (SSSR count). The quantitative estimate of drug-likeness (QED) is 0.900. The second-order valence-electron chi connectivity index (χ2n) is 6.04. The summed E-state index contributed by atoms with van der Waals surface area (Å²) in [4.78, 5) is 26.6. The molecule has 1 heterocycles. The van der Waals surface area contributed by atoms with E-state index in [2.05, 4.69) is 5.32 Å². The minimum Gasteiger partial charge on any atom is -0.497 e. The Bertz CT molecular complexity index is 611. The van der Waals surface area contributed by atoms with E-state index in [-0.39, 0.29) is 23.7 Å². The van der Waals surface area contributed by atoms with Crippen molar-refractivity contribution in [3.8, 4) is 11.5 Å². The summed E-state index contributed by atoms with van der Waals surface area (Å²) in [5.74, 6) is 0.807. The Morgan fingerprint density at radius 2 is 1.87 bits per heavy atom. The summed E-state index contributed by atoms with van der Waals surface area (Å²) in [6, 6.07) is 5.23. The van der Waals surface area contributed by atoms with Crippen LogP contribution < -0.4 is 14.8 Å². The van der Waals surface area contributed by atoms with Gasteiger partial charge in [0.15, 0.2) is 0 Å². The standard InChI is InChI=1S/C17H22N2O4/c1-22-11-5-6-15(23-2)14(9-11)18-16(20)12-10-13(12)17(21)19-7-3-4-8-19/h5-6,9,12-13H,3-4,7-8,10H2,1-2H3,(H,18,20). The van der Waals surface area contributed by atoms with E-state index in [4.69, 9.17) is 9.47 Å². The van der Waals surface area contributed by atoms with Gasteiger partial charge in [0.2, 0.25) is 11.8 Å². The van der Waals surface area contributed by atoms with Gasteiger partial charge in [-0.15, -0.1) is 0 Å². The summed E-state index contributed by atoms with van der Waals surface area (Å²) in [6.07, 6.45) is 2.76. The Morgan fingerprint density at radius 1 is 1.13 bits per heavy atom. The van der Waals surface area contributed by atoms with Gasteiger partial charge >= 0.3 is 0 Å². The van der Waals surface area contributed by atoms with E-state index >= 15 is 0 Å². The Hall–Kier alpha value is -2.24. The van der Waals surface area contributed by atoms with Crippen molar-refractivity contribution < 1.29 is 19.1 Å². The molecule has 2 fully saturated rings. The molecule has 124 valence electrons. The van der Waals surface area contributed by atoms with Gasteiger partial charge in [0.25, 0.3) is 0 Å². The van der Waals surface area contributed by atoms with Gasteiger partial charge in [-0.25, -0.2) is 0 Å². The number of benzene rings is 1. The molecule has 6 heteroatoms. The first-order chi connectivity index (χ1) is 11.1. The number of likely N-dealkylation sites (tertiary alicyclic amines) is 1. The van der Waals surface area contributed by atoms with Crippen LogP contribution in [0.5, 0.6) is 11.5 Å². The van der Waals surface area contributed by atoms with E-state index < -0.39 is 0 Å². The Morgan fingerprint density at radius 3 is 2.52 bits per heavy atom. The summed E-state index contributed by atoms with van der Waals surface area (Å²) in [7, 11) is 3.12. The first-order valence-electron chi connectivity index (χ1n) is 7.95. The third kappa shape index (κ3) is 3.25. The molecule has 0 aromatic heterocycles. The SMILES string of the molecule is COc1ccc(OC)c(NC(=O)C2CC2C(=O)N2CCCC2)c1. The van der Waals surface area contributed by atoms with Crippen LogP contribution in [-0.4, -0.2) is 44.0 Å². The van der Waals surface area contributed by atoms with Gasteiger partial charge in [-0.05, 0) is 31.4 Å². The van der Waals surface area contributed by atoms with Crippen molar-refractivity contribution in [2.75, 3.05) is 32.6 Å². The minimum absolute atomic E-state index is 0.125. The van der Waals surface area contributed by atoms with Crippen molar-refractivity contribution in [2.45, 2.75) is 19.3 Å². The van der Waals surface area contributed by atoms with Crippen LogP contribution in [0.15, 0.2) is 18.2 Å². The van der Waals surface area contributed by atoms with Gasteiger partial charge in [-0.3, -0.25) is 9.59 Å². The van der Waals surface area contributed by atoms with E-state index in [0.29, 0.717) is 23.6 Å². The molecular weight excluding hydrogens is 296 g/mol. The summed E-state index contributed by atoms with van der Waals surface area (Å²) in [5, 5.41) is 2.86. The lowest BCUT2D eigenvalue weighted by atomic mass is 10.2. The summed E-state index contributed by atoms with van der Waals surface area (Å²) in [6.45, 7) is 1.65. The molecule has 0 bridgehead atoms. The maximum atomic E-state index is 12.4. The fourth-order valence-corrected chi connectivity index (χ4v) is 3.07. The summed E-state index contributed by atoms with van der Waals surface area (Å²) >= 11 is 0. The van der Waals surface area contributed by atoms with Gasteiger partial charge in [0.05, 0.1) is 31.7 Å². The van der Waals surface area contributed by atoms with Gasteiger partial charge in [0.1, 0.15) is 11.5 Å². The van der Waals surface area contributed by atoms with Crippen molar-refractivity contribution in [1.82, 2.24) is 4.90 Å². The van der Waals surface area contributed by atoms with Crippen molar-refractivity contribution in [2.24, 2.45) is 11.8 Å². The molecule has 0 spiro atoms. The number of rotatable bonds is 5. The average Bonchev–Trinajstić information content (AvgIpc) is 3.19. The number of nitrogens with one attached hydrogen (secondary N) is 1. The summed E-state index contributed by atoms with van der Waals surface area (Å²) < 4.78 is 10.4. The number of carbonyl (C=O) groups excluding carboxylic acids is 2. The van der Waals surface area contributed by atoms with Gasteiger partial charge < -0.3 is 19.7 Å². The van der Waals surface area contributed by atoms with E-state index in [0.717, 1.165) is 25.9 Å². The predicted molar refractivity (Wildman–Crippen MR) is 85.6 cm³/mol. The number of methoxy groups -OCH3 is 2. The zero-order chi connectivity index (χ0) is 16.4. The Balaban J connectivity index is 1.63. The van der Waals surface area contributed by atoms with Crippen molar-refractivity contribution in [3.63, 3.8) is 0 Å². The molecule has 1 aliphatic carbocycles. The third-order valence-corrected chi connectivity index (χ3v) is 4.53. The molecule has 2 atom stereocenters. The third-order valence-electron chi connectivity index (χ3n) is 4.53. The molecule has 1 aromatic carbocycles. The van der Waals surface area contributed by atoms with Crippen LogP contribution in [-0.2, 0) is 9.59 Å². The highest BCUT2D eigenvalue weighted by Gasteiger charge is 2.49. The minimum atomic E-state index is -0.237. The number of amides is 2. The van der Waals surface area contributed by atoms with Crippen molar-refractivity contribution in [1.29, 1.82) is 0 Å². The van der Waals surface area contributed by atoms with Crippen LogP contribution in [0.25, 0.3) is 0 Å². The maximum Gasteiger partial charge on any atom is 0.228 e. The Kier molecular flexibility index (Phi) is 4.41. The largest absolute Gasteiger partial charge is 0.497 e. The molecule has 6 nitrogen and oxygen atoms in total. The van der Waals surface area contributed by atoms with Gasteiger partial charge in [0, 0.05) is 19.2 Å². The van der Waals surface area contributed by atoms with Crippen LogP contribution in [0.1, 0.15) is 19.3 Å². The average molecular weight is 318 g/mol. The lowest BCUT2D eigenvalue weighted by Gasteiger charge is -2.15. The molecular formula is C17H22N2O4. The maximum absolute atomic E-state index is 12.4. The van der Waals surface area contributed by atoms with Crippen LogP contribution in [0, 0.1) is 11.8 Å². The van der Waals surface area contributed by atoms with Crippen molar-refractivity contribution in [3.05, 3.63) is 18.2 Å². The van der Waals surface area contributed by atoms with Crippen LogP contribution in [0.3, 0.4) is 0 Å². The number of hydrogen-bond donors (Lipinski definition) is 1. The number of nitrogens with zero attached hydrogens (tertiary/aromatic N) is 1. The smallest absolute Gasteiger partial charge is 0.228 e. The fraction of sp³-hybridized carbons (Fsp3) is 0.529. The molecule has 0 radical (unpaired) electrons. The predicted octanol–water partition coefficient (Wildman–Crippen LogP) is 1.90. The van der Waals surface area contributed by atoms with Crippen LogP contribution >= 0.6 is 0 Å². The number of ether oxygens (including phenoxy) is 2. The van der Waals surface area contributed by atoms with Gasteiger partial charge in [-0.2, -0.15) is 0 Å². The first-order valence-corrected chi connectivity index (χ1v) is 7.95. The fourth-order valence-electron chi connectivity index (χ4n) is 3.07.